The molecule has 0 aliphatic carbocycles. The minimum absolute atomic E-state index is 0.157. The molecule has 0 aromatic rings. The molecule has 0 bridgehead atoms. The van der Waals surface area contributed by atoms with Gasteiger partial charge in [0, 0.05) is 38.7 Å². The highest BCUT2D eigenvalue weighted by molar-refractivity contribution is 5.85. The number of hydrogen-bond acceptors (Lipinski definition) is 0. The SMILES string of the molecule is CC(C)(C)C1=[N+](C(C)(C)C)/C=C\C=C/CC1. The summed E-state index contributed by atoms with van der Waals surface area (Å²) in [6.07, 6.45) is 11.1. The van der Waals surface area contributed by atoms with E-state index in [1.165, 1.54) is 5.71 Å². The lowest BCUT2D eigenvalue weighted by Crippen LogP contribution is -2.39. The maximum absolute atomic E-state index is 2.44. The third-order valence-corrected chi connectivity index (χ3v) is 2.91. The zero-order chi connectivity index (χ0) is 12.4. The van der Waals surface area contributed by atoms with Gasteiger partial charge < -0.3 is 0 Å². The van der Waals surface area contributed by atoms with Crippen molar-refractivity contribution in [2.75, 3.05) is 0 Å². The van der Waals surface area contributed by atoms with E-state index < -0.39 is 0 Å². The first-order valence-electron chi connectivity index (χ1n) is 6.22. The lowest BCUT2D eigenvalue weighted by molar-refractivity contribution is -0.539. The molecule has 0 unspecified atom stereocenters. The zero-order valence-corrected chi connectivity index (χ0v) is 11.7. The summed E-state index contributed by atoms with van der Waals surface area (Å²) in [5, 5.41) is 0. The molecule has 1 aliphatic rings. The first kappa shape index (κ1) is 13.2. The smallest absolute Gasteiger partial charge is 0.169 e. The van der Waals surface area contributed by atoms with E-state index in [2.05, 4.69) is 70.5 Å². The summed E-state index contributed by atoms with van der Waals surface area (Å²) < 4.78 is 2.44. The molecule has 1 rings (SSSR count). The quantitative estimate of drug-likeness (QED) is 0.540. The molecule has 0 spiro atoms. The Morgan fingerprint density at radius 2 is 1.62 bits per heavy atom. The average molecular weight is 220 g/mol. The topological polar surface area (TPSA) is 3.01 Å². The number of hydrogen-bond donors (Lipinski definition) is 0. The van der Waals surface area contributed by atoms with Crippen LogP contribution in [0.2, 0.25) is 0 Å². The summed E-state index contributed by atoms with van der Waals surface area (Å²) in [6, 6.07) is 0. The predicted molar refractivity (Wildman–Crippen MR) is 72.0 cm³/mol. The lowest BCUT2D eigenvalue weighted by Gasteiger charge is -2.26. The van der Waals surface area contributed by atoms with Gasteiger partial charge in [-0.1, -0.05) is 32.9 Å². The molecule has 16 heavy (non-hydrogen) atoms. The van der Waals surface area contributed by atoms with E-state index in [4.69, 9.17) is 0 Å². The summed E-state index contributed by atoms with van der Waals surface area (Å²) in [5.74, 6) is 0. The van der Waals surface area contributed by atoms with E-state index in [0.29, 0.717) is 0 Å². The van der Waals surface area contributed by atoms with Gasteiger partial charge in [-0.3, -0.25) is 0 Å². The van der Waals surface area contributed by atoms with Gasteiger partial charge in [0.2, 0.25) is 0 Å². The van der Waals surface area contributed by atoms with Crippen molar-refractivity contribution >= 4 is 5.71 Å². The Labute approximate surface area is 101 Å². The van der Waals surface area contributed by atoms with Crippen molar-refractivity contribution < 1.29 is 4.58 Å². The third-order valence-electron chi connectivity index (χ3n) is 2.91. The van der Waals surface area contributed by atoms with E-state index in [-0.39, 0.29) is 11.0 Å². The number of rotatable bonds is 0. The average Bonchev–Trinajstić information content (AvgIpc) is 1.96. The van der Waals surface area contributed by atoms with Gasteiger partial charge in [0.1, 0.15) is 0 Å². The summed E-state index contributed by atoms with van der Waals surface area (Å²) in [5.41, 5.74) is 1.92. The Morgan fingerprint density at radius 3 is 2.12 bits per heavy atom. The van der Waals surface area contributed by atoms with Crippen molar-refractivity contribution in [3.05, 3.63) is 24.4 Å². The van der Waals surface area contributed by atoms with E-state index in [1.807, 2.05) is 0 Å². The second-order valence-corrected chi connectivity index (χ2v) is 6.55. The molecule has 0 saturated heterocycles. The Bertz CT molecular complexity index is 329. The summed E-state index contributed by atoms with van der Waals surface area (Å²) in [7, 11) is 0. The van der Waals surface area contributed by atoms with Gasteiger partial charge in [-0.2, -0.15) is 0 Å². The highest BCUT2D eigenvalue weighted by Crippen LogP contribution is 2.24. The molecule has 1 heterocycles. The normalized spacial score (nSPS) is 22.6. The van der Waals surface area contributed by atoms with Gasteiger partial charge in [-0.05, 0) is 6.42 Å². The second-order valence-electron chi connectivity index (χ2n) is 6.55. The van der Waals surface area contributed by atoms with Crippen LogP contribution < -0.4 is 0 Å². The van der Waals surface area contributed by atoms with Crippen molar-refractivity contribution in [2.24, 2.45) is 5.41 Å². The van der Waals surface area contributed by atoms with Gasteiger partial charge in [0.15, 0.2) is 17.5 Å². The van der Waals surface area contributed by atoms with Gasteiger partial charge in [0.05, 0.1) is 0 Å². The summed E-state index contributed by atoms with van der Waals surface area (Å²) >= 11 is 0. The standard InChI is InChI=1S/C15H26N/c1-14(2,3)13-11-9-7-8-10-12-16(13)15(4,5)6/h7-8,10,12H,9,11H2,1-6H3/q+1/b8-7-,12-10-,16-13?. The fourth-order valence-electron chi connectivity index (χ4n) is 2.11. The van der Waals surface area contributed by atoms with Crippen molar-refractivity contribution in [1.82, 2.24) is 0 Å². The van der Waals surface area contributed by atoms with Crippen molar-refractivity contribution in [1.29, 1.82) is 0 Å². The first-order valence-corrected chi connectivity index (χ1v) is 6.22. The molecule has 0 amide bonds. The molecule has 1 heteroatoms. The largest absolute Gasteiger partial charge is 0.201 e. The van der Waals surface area contributed by atoms with Gasteiger partial charge in [0.25, 0.3) is 0 Å². The summed E-state index contributed by atoms with van der Waals surface area (Å²) in [4.78, 5) is 0. The highest BCUT2D eigenvalue weighted by Gasteiger charge is 2.33. The summed E-state index contributed by atoms with van der Waals surface area (Å²) in [6.45, 7) is 13.7. The maximum Gasteiger partial charge on any atom is 0.169 e. The molecule has 0 fully saturated rings. The lowest BCUT2D eigenvalue weighted by atomic mass is 9.85. The Kier molecular flexibility index (Phi) is 3.77. The van der Waals surface area contributed by atoms with Gasteiger partial charge >= 0.3 is 0 Å². The van der Waals surface area contributed by atoms with Gasteiger partial charge in [-0.15, -0.1) is 0 Å². The van der Waals surface area contributed by atoms with Crippen LogP contribution in [0.1, 0.15) is 54.4 Å². The first-order chi connectivity index (χ1) is 7.23. The van der Waals surface area contributed by atoms with Crippen molar-refractivity contribution in [3.63, 3.8) is 0 Å². The van der Waals surface area contributed by atoms with Crippen LogP contribution in [0, 0.1) is 5.41 Å². The van der Waals surface area contributed by atoms with Crippen LogP contribution in [0.3, 0.4) is 0 Å². The Hall–Kier alpha value is -0.850. The fraction of sp³-hybridized carbons (Fsp3) is 0.667. The van der Waals surface area contributed by atoms with Crippen LogP contribution in [0.5, 0.6) is 0 Å². The molecule has 0 radical (unpaired) electrons. The number of allylic oxidation sites excluding steroid dienone is 3. The van der Waals surface area contributed by atoms with Crippen LogP contribution in [0.25, 0.3) is 0 Å². The van der Waals surface area contributed by atoms with Crippen LogP contribution in [0.15, 0.2) is 24.4 Å². The van der Waals surface area contributed by atoms with Crippen LogP contribution in [-0.2, 0) is 0 Å². The highest BCUT2D eigenvalue weighted by atomic mass is 15.1. The number of nitrogens with zero attached hydrogens (tertiary/aromatic N) is 1. The monoisotopic (exact) mass is 220 g/mol. The molecule has 1 aliphatic heterocycles. The molecule has 0 aromatic heterocycles. The zero-order valence-electron chi connectivity index (χ0n) is 11.7. The van der Waals surface area contributed by atoms with Crippen LogP contribution >= 0.6 is 0 Å². The van der Waals surface area contributed by atoms with E-state index >= 15 is 0 Å². The Morgan fingerprint density at radius 1 is 1.00 bits per heavy atom. The van der Waals surface area contributed by atoms with E-state index in [9.17, 15) is 0 Å². The molecule has 1 nitrogen and oxygen atoms in total. The maximum atomic E-state index is 2.44. The molecule has 0 aromatic carbocycles. The van der Waals surface area contributed by atoms with E-state index in [0.717, 1.165) is 12.8 Å². The van der Waals surface area contributed by atoms with E-state index in [1.54, 1.807) is 0 Å². The van der Waals surface area contributed by atoms with Crippen LogP contribution in [-0.4, -0.2) is 15.8 Å². The van der Waals surface area contributed by atoms with Crippen molar-refractivity contribution in [3.8, 4) is 0 Å². The minimum atomic E-state index is 0.157. The third kappa shape index (κ3) is 3.33. The second kappa shape index (κ2) is 4.57. The minimum Gasteiger partial charge on any atom is -0.201 e. The Balaban J connectivity index is 3.29. The molecular formula is C15H26N+. The molecular weight excluding hydrogens is 194 g/mol. The molecule has 90 valence electrons. The van der Waals surface area contributed by atoms with Crippen molar-refractivity contribution in [2.45, 2.75) is 59.9 Å². The van der Waals surface area contributed by atoms with Gasteiger partial charge in [-0.25, -0.2) is 4.58 Å². The molecule has 0 N–H and O–H groups in total. The van der Waals surface area contributed by atoms with Crippen LogP contribution in [0.4, 0.5) is 0 Å². The molecule has 0 saturated carbocycles. The predicted octanol–water partition coefficient (Wildman–Crippen LogP) is 4.15. The molecule has 0 atom stereocenters. The fourth-order valence-corrected chi connectivity index (χ4v) is 2.11.